The van der Waals surface area contributed by atoms with Crippen LogP contribution < -0.4 is 5.73 Å². The predicted octanol–water partition coefficient (Wildman–Crippen LogP) is 2.11. The van der Waals surface area contributed by atoms with Gasteiger partial charge in [-0.15, -0.1) is 0 Å². The van der Waals surface area contributed by atoms with Crippen LogP contribution in [0.2, 0.25) is 5.02 Å². The molecule has 0 spiro atoms. The Morgan fingerprint density at radius 3 is 2.83 bits per heavy atom. The second-order valence-corrected chi connectivity index (χ2v) is 3.25. The predicted molar refractivity (Wildman–Crippen MR) is 50.6 cm³/mol. The summed E-state index contributed by atoms with van der Waals surface area (Å²) in [5, 5.41) is 9.84. The average molecular weight is 186 g/mol. The lowest BCUT2D eigenvalue weighted by Crippen LogP contribution is -2.09. The SMILES string of the molecule is CC(CN)c1cc(O)ccc1Cl. The highest BCUT2D eigenvalue weighted by atomic mass is 35.5. The Hall–Kier alpha value is -0.730. The summed E-state index contributed by atoms with van der Waals surface area (Å²) in [5.41, 5.74) is 6.38. The van der Waals surface area contributed by atoms with Crippen molar-refractivity contribution < 1.29 is 5.11 Å². The van der Waals surface area contributed by atoms with Crippen LogP contribution in [0.1, 0.15) is 18.4 Å². The fourth-order valence-corrected chi connectivity index (χ4v) is 1.34. The van der Waals surface area contributed by atoms with Crippen LogP contribution in [0.15, 0.2) is 18.2 Å². The zero-order chi connectivity index (χ0) is 9.14. The molecule has 66 valence electrons. The first kappa shape index (κ1) is 9.36. The van der Waals surface area contributed by atoms with E-state index in [0.717, 1.165) is 5.56 Å². The molecule has 0 fully saturated rings. The normalized spacial score (nSPS) is 12.9. The molecule has 1 unspecified atom stereocenters. The van der Waals surface area contributed by atoms with Crippen LogP contribution in [-0.2, 0) is 0 Å². The highest BCUT2D eigenvalue weighted by Crippen LogP contribution is 2.27. The van der Waals surface area contributed by atoms with E-state index in [4.69, 9.17) is 17.3 Å². The van der Waals surface area contributed by atoms with Crippen molar-refractivity contribution in [3.8, 4) is 5.75 Å². The molecule has 0 aliphatic heterocycles. The molecule has 0 radical (unpaired) electrons. The van der Waals surface area contributed by atoms with Crippen molar-refractivity contribution in [2.45, 2.75) is 12.8 Å². The quantitative estimate of drug-likeness (QED) is 0.742. The van der Waals surface area contributed by atoms with Gasteiger partial charge in [0, 0.05) is 5.02 Å². The maximum Gasteiger partial charge on any atom is 0.115 e. The molecule has 2 nitrogen and oxygen atoms in total. The van der Waals surface area contributed by atoms with E-state index in [1.165, 1.54) is 0 Å². The summed E-state index contributed by atoms with van der Waals surface area (Å²) in [6, 6.07) is 4.90. The summed E-state index contributed by atoms with van der Waals surface area (Å²) in [7, 11) is 0. The third-order valence-electron chi connectivity index (χ3n) is 1.86. The Bertz CT molecular complexity index is 275. The smallest absolute Gasteiger partial charge is 0.115 e. The molecule has 0 saturated carbocycles. The topological polar surface area (TPSA) is 46.2 Å². The molecule has 0 heterocycles. The Kier molecular flexibility index (Phi) is 2.95. The van der Waals surface area contributed by atoms with Crippen molar-refractivity contribution >= 4 is 11.6 Å². The molecule has 0 aromatic heterocycles. The van der Waals surface area contributed by atoms with Gasteiger partial charge in [0.15, 0.2) is 0 Å². The van der Waals surface area contributed by atoms with Gasteiger partial charge in [-0.25, -0.2) is 0 Å². The average Bonchev–Trinajstić information content (AvgIpc) is 2.08. The van der Waals surface area contributed by atoms with Gasteiger partial charge in [-0.1, -0.05) is 18.5 Å². The summed E-state index contributed by atoms with van der Waals surface area (Å²) >= 11 is 5.90. The number of halogens is 1. The van der Waals surface area contributed by atoms with E-state index in [-0.39, 0.29) is 11.7 Å². The molecule has 1 rings (SSSR count). The summed E-state index contributed by atoms with van der Waals surface area (Å²) in [4.78, 5) is 0. The number of phenols is 1. The number of hydrogen-bond acceptors (Lipinski definition) is 2. The molecule has 1 aromatic rings. The zero-order valence-corrected chi connectivity index (χ0v) is 7.67. The Labute approximate surface area is 77.0 Å². The summed E-state index contributed by atoms with van der Waals surface area (Å²) in [6.07, 6.45) is 0. The third-order valence-corrected chi connectivity index (χ3v) is 2.21. The number of benzene rings is 1. The maximum absolute atomic E-state index is 9.18. The minimum atomic E-state index is 0.185. The number of nitrogens with two attached hydrogens (primary N) is 1. The Morgan fingerprint density at radius 2 is 2.25 bits per heavy atom. The molecule has 3 N–H and O–H groups in total. The Balaban J connectivity index is 3.04. The minimum Gasteiger partial charge on any atom is -0.508 e. The standard InChI is InChI=1S/C9H12ClNO/c1-6(5-11)8-4-7(12)2-3-9(8)10/h2-4,6,12H,5,11H2,1H3. The second kappa shape index (κ2) is 3.78. The molecule has 1 atom stereocenters. The van der Waals surface area contributed by atoms with E-state index in [1.54, 1.807) is 18.2 Å². The molecule has 0 amide bonds. The molecular weight excluding hydrogens is 174 g/mol. The van der Waals surface area contributed by atoms with Crippen LogP contribution in [0.4, 0.5) is 0 Å². The van der Waals surface area contributed by atoms with E-state index < -0.39 is 0 Å². The lowest BCUT2D eigenvalue weighted by molar-refractivity contribution is 0.474. The van der Waals surface area contributed by atoms with Gasteiger partial charge in [-0.3, -0.25) is 0 Å². The van der Waals surface area contributed by atoms with Crippen LogP contribution in [0.25, 0.3) is 0 Å². The van der Waals surface area contributed by atoms with Gasteiger partial charge in [0.1, 0.15) is 5.75 Å². The van der Waals surface area contributed by atoms with Gasteiger partial charge < -0.3 is 10.8 Å². The molecule has 12 heavy (non-hydrogen) atoms. The highest BCUT2D eigenvalue weighted by molar-refractivity contribution is 6.31. The van der Waals surface area contributed by atoms with Crippen molar-refractivity contribution in [1.82, 2.24) is 0 Å². The highest BCUT2D eigenvalue weighted by Gasteiger charge is 2.08. The monoisotopic (exact) mass is 185 g/mol. The fraction of sp³-hybridized carbons (Fsp3) is 0.333. The molecule has 0 saturated heterocycles. The fourth-order valence-electron chi connectivity index (χ4n) is 1.04. The van der Waals surface area contributed by atoms with Crippen LogP contribution in [0.5, 0.6) is 5.75 Å². The minimum absolute atomic E-state index is 0.185. The van der Waals surface area contributed by atoms with Gasteiger partial charge in [0.2, 0.25) is 0 Å². The van der Waals surface area contributed by atoms with Crippen LogP contribution in [0, 0.1) is 0 Å². The maximum atomic E-state index is 9.18. The first-order valence-corrected chi connectivity index (χ1v) is 4.21. The first-order chi connectivity index (χ1) is 5.65. The first-order valence-electron chi connectivity index (χ1n) is 3.83. The summed E-state index contributed by atoms with van der Waals surface area (Å²) in [6.45, 7) is 2.50. The van der Waals surface area contributed by atoms with Crippen molar-refractivity contribution in [1.29, 1.82) is 0 Å². The van der Waals surface area contributed by atoms with Crippen molar-refractivity contribution in [3.05, 3.63) is 28.8 Å². The summed E-state index contributed by atoms with van der Waals surface area (Å²) < 4.78 is 0. The molecule has 0 aliphatic rings. The molecule has 0 bridgehead atoms. The van der Waals surface area contributed by atoms with E-state index in [9.17, 15) is 5.11 Å². The summed E-state index contributed by atoms with van der Waals surface area (Å²) in [5.74, 6) is 0.416. The zero-order valence-electron chi connectivity index (χ0n) is 6.92. The van der Waals surface area contributed by atoms with Crippen molar-refractivity contribution in [2.24, 2.45) is 5.73 Å². The van der Waals surface area contributed by atoms with Crippen LogP contribution >= 0.6 is 11.6 Å². The van der Waals surface area contributed by atoms with Gasteiger partial charge in [-0.2, -0.15) is 0 Å². The van der Waals surface area contributed by atoms with Crippen molar-refractivity contribution in [3.63, 3.8) is 0 Å². The van der Waals surface area contributed by atoms with Gasteiger partial charge >= 0.3 is 0 Å². The number of phenolic OH excluding ortho intramolecular Hbond substituents is 1. The Morgan fingerprint density at radius 1 is 1.58 bits per heavy atom. The van der Waals surface area contributed by atoms with Gasteiger partial charge in [-0.05, 0) is 36.2 Å². The number of hydrogen-bond donors (Lipinski definition) is 2. The van der Waals surface area contributed by atoms with E-state index in [0.29, 0.717) is 11.6 Å². The molecule has 0 aliphatic carbocycles. The second-order valence-electron chi connectivity index (χ2n) is 2.84. The van der Waals surface area contributed by atoms with Crippen LogP contribution in [0.3, 0.4) is 0 Å². The van der Waals surface area contributed by atoms with Crippen LogP contribution in [-0.4, -0.2) is 11.7 Å². The lowest BCUT2D eigenvalue weighted by Gasteiger charge is -2.10. The van der Waals surface area contributed by atoms with E-state index >= 15 is 0 Å². The largest absolute Gasteiger partial charge is 0.508 e. The van der Waals surface area contributed by atoms with Gasteiger partial charge in [0.05, 0.1) is 0 Å². The number of aromatic hydroxyl groups is 1. The van der Waals surface area contributed by atoms with E-state index in [2.05, 4.69) is 0 Å². The van der Waals surface area contributed by atoms with Crippen molar-refractivity contribution in [2.75, 3.05) is 6.54 Å². The molecule has 1 aromatic carbocycles. The number of rotatable bonds is 2. The molecular formula is C9H12ClNO. The van der Waals surface area contributed by atoms with Gasteiger partial charge in [0.25, 0.3) is 0 Å². The third kappa shape index (κ3) is 1.90. The van der Waals surface area contributed by atoms with E-state index in [1.807, 2.05) is 6.92 Å². The molecule has 3 heteroatoms. The lowest BCUT2D eigenvalue weighted by atomic mass is 10.0.